The van der Waals surface area contributed by atoms with E-state index in [4.69, 9.17) is 4.74 Å². The lowest BCUT2D eigenvalue weighted by Gasteiger charge is -2.33. The minimum Gasteiger partial charge on any atom is -0.550 e. The number of carbonyl (C=O) groups excluding carboxylic acids is 3. The van der Waals surface area contributed by atoms with Crippen molar-refractivity contribution in [1.29, 1.82) is 0 Å². The van der Waals surface area contributed by atoms with Crippen molar-refractivity contribution in [3.63, 3.8) is 0 Å². The maximum absolute atomic E-state index is 13.2. The highest BCUT2D eigenvalue weighted by Crippen LogP contribution is 2.49. The summed E-state index contributed by atoms with van der Waals surface area (Å²) < 4.78 is 5.30. The van der Waals surface area contributed by atoms with Gasteiger partial charge in [0.2, 0.25) is 5.91 Å². The van der Waals surface area contributed by atoms with Gasteiger partial charge in [-0.3, -0.25) is 4.79 Å². The third kappa shape index (κ3) is 3.93. The molecule has 1 saturated carbocycles. The average molecular weight is 445 g/mol. The van der Waals surface area contributed by atoms with Crippen LogP contribution in [0.1, 0.15) is 61.3 Å². The first-order chi connectivity index (χ1) is 14.6. The molecule has 1 aromatic heterocycles. The maximum atomic E-state index is 13.2. The molecule has 1 amide bonds. The second kappa shape index (κ2) is 8.08. The highest BCUT2D eigenvalue weighted by molar-refractivity contribution is 7.17. The largest absolute Gasteiger partial charge is 0.550 e. The number of rotatable bonds is 5. The maximum Gasteiger partial charge on any atom is 0.341 e. The smallest absolute Gasteiger partial charge is 0.341 e. The molecule has 0 unspecified atom stereocenters. The molecule has 7 heteroatoms. The Balaban J connectivity index is 1.64. The molecule has 3 aliphatic rings. The van der Waals surface area contributed by atoms with Crippen LogP contribution < -0.4 is 10.4 Å². The van der Waals surface area contributed by atoms with Crippen LogP contribution in [0.15, 0.2) is 12.2 Å². The Kier molecular flexibility index (Phi) is 5.75. The number of carboxylic acid groups (broad SMARTS) is 1. The Hall–Kier alpha value is -2.15. The fraction of sp³-hybridized carbons (Fsp3) is 0.625. The van der Waals surface area contributed by atoms with Gasteiger partial charge in [-0.2, -0.15) is 0 Å². The molecule has 0 saturated heterocycles. The van der Waals surface area contributed by atoms with Crippen molar-refractivity contribution in [3.05, 3.63) is 28.2 Å². The summed E-state index contributed by atoms with van der Waals surface area (Å²) in [6, 6.07) is 0. The van der Waals surface area contributed by atoms with Crippen LogP contribution in [-0.2, 0) is 27.2 Å². The Labute approximate surface area is 187 Å². The first-order valence-electron chi connectivity index (χ1n) is 11.1. The summed E-state index contributed by atoms with van der Waals surface area (Å²) >= 11 is 1.44. The van der Waals surface area contributed by atoms with E-state index in [1.165, 1.54) is 11.3 Å². The van der Waals surface area contributed by atoms with E-state index >= 15 is 0 Å². The van der Waals surface area contributed by atoms with E-state index in [0.29, 0.717) is 22.9 Å². The van der Waals surface area contributed by atoms with Gasteiger partial charge in [0.15, 0.2) is 0 Å². The van der Waals surface area contributed by atoms with E-state index < -0.39 is 23.8 Å². The third-order valence-electron chi connectivity index (χ3n) is 7.24. The van der Waals surface area contributed by atoms with E-state index in [1.54, 1.807) is 6.92 Å². The van der Waals surface area contributed by atoms with Crippen molar-refractivity contribution < 1.29 is 24.2 Å². The third-order valence-corrected chi connectivity index (χ3v) is 8.41. The van der Waals surface area contributed by atoms with Crippen LogP contribution in [0.25, 0.3) is 0 Å². The molecule has 1 aromatic rings. The summed E-state index contributed by atoms with van der Waals surface area (Å²) in [6.07, 6.45) is 7.11. The van der Waals surface area contributed by atoms with Crippen molar-refractivity contribution in [3.8, 4) is 0 Å². The molecule has 1 heterocycles. The minimum absolute atomic E-state index is 0.0983. The molecule has 1 fully saturated rings. The van der Waals surface area contributed by atoms with Gasteiger partial charge in [0.05, 0.1) is 18.1 Å². The van der Waals surface area contributed by atoms with Crippen molar-refractivity contribution in [2.75, 3.05) is 11.9 Å². The number of allylic oxidation sites excluding steroid dienone is 2. The predicted octanol–water partition coefficient (Wildman–Crippen LogP) is 3.20. The zero-order valence-corrected chi connectivity index (χ0v) is 19.3. The number of hydrogen-bond donors (Lipinski definition) is 1. The van der Waals surface area contributed by atoms with E-state index in [-0.39, 0.29) is 29.8 Å². The second-order valence-electron chi connectivity index (χ2n) is 10.0. The van der Waals surface area contributed by atoms with Crippen molar-refractivity contribution >= 4 is 34.2 Å². The summed E-state index contributed by atoms with van der Waals surface area (Å²) in [5.41, 5.74) is 1.58. The molecule has 4 rings (SSSR count). The lowest BCUT2D eigenvalue weighted by atomic mass is 9.72. The molecule has 1 N–H and O–H groups in total. The summed E-state index contributed by atoms with van der Waals surface area (Å²) in [6.45, 7) is 8.71. The first-order valence-corrected chi connectivity index (χ1v) is 11.9. The van der Waals surface area contributed by atoms with Crippen LogP contribution in [0, 0.1) is 35.0 Å². The van der Waals surface area contributed by atoms with Gasteiger partial charge in [-0.15, -0.1) is 11.3 Å². The van der Waals surface area contributed by atoms with Crippen molar-refractivity contribution in [1.82, 2.24) is 0 Å². The Morgan fingerprint density at radius 2 is 1.87 bits per heavy atom. The number of ether oxygens (including phenoxy) is 1. The van der Waals surface area contributed by atoms with Gasteiger partial charge in [-0.05, 0) is 61.3 Å². The quantitative estimate of drug-likeness (QED) is 0.556. The standard InChI is InChI=1S/C24H31NO5S/c1-5-30-23(29)19-15-9-8-14(24(2,3)4)11-16(15)31-21(19)25-20(26)17-12-6-7-13(10-12)18(17)22(27)28/h6-7,12-14,17-18H,5,8-11H2,1-4H3,(H,25,26)(H,27,28)/p-1/t12-,13+,14-,17-,18+/m1/s1. The predicted molar refractivity (Wildman–Crippen MR) is 117 cm³/mol. The van der Waals surface area contributed by atoms with E-state index in [0.717, 1.165) is 29.7 Å². The average Bonchev–Trinajstić information content (AvgIpc) is 3.38. The number of fused-ring (bicyclic) bond motifs is 3. The van der Waals surface area contributed by atoms with Crippen molar-refractivity contribution in [2.24, 2.45) is 35.0 Å². The number of nitrogens with one attached hydrogen (secondary N) is 1. The molecular formula is C24H30NO5S-. The second-order valence-corrected chi connectivity index (χ2v) is 11.1. The number of carbonyl (C=O) groups is 3. The highest BCUT2D eigenvalue weighted by Gasteiger charge is 2.49. The van der Waals surface area contributed by atoms with Crippen LogP contribution in [0.3, 0.4) is 0 Å². The zero-order valence-electron chi connectivity index (χ0n) is 18.5. The van der Waals surface area contributed by atoms with Gasteiger partial charge in [-0.25, -0.2) is 4.79 Å². The fourth-order valence-corrected chi connectivity index (χ4v) is 6.85. The van der Waals surface area contributed by atoms with Gasteiger partial charge in [-0.1, -0.05) is 32.9 Å². The molecule has 6 nitrogen and oxygen atoms in total. The SMILES string of the molecule is CCOC(=O)c1c(NC(=O)[C@H]2[C@@H](C(=O)[O-])[C@H]3C=C[C@@H]2C3)sc2c1CC[C@@H](C(C)(C)C)C2. The molecule has 0 aromatic carbocycles. The first kappa shape index (κ1) is 22.1. The van der Waals surface area contributed by atoms with Gasteiger partial charge < -0.3 is 20.0 Å². The molecule has 3 aliphatic carbocycles. The summed E-state index contributed by atoms with van der Waals surface area (Å²) in [5.74, 6) is -3.19. The Morgan fingerprint density at radius 3 is 2.48 bits per heavy atom. The Morgan fingerprint density at radius 1 is 1.19 bits per heavy atom. The summed E-state index contributed by atoms with van der Waals surface area (Å²) in [7, 11) is 0. The highest BCUT2D eigenvalue weighted by atomic mass is 32.1. The number of hydrogen-bond acceptors (Lipinski definition) is 6. The van der Waals surface area contributed by atoms with Crippen LogP contribution >= 0.6 is 11.3 Å². The van der Waals surface area contributed by atoms with Gasteiger partial charge >= 0.3 is 5.97 Å². The molecule has 2 bridgehead atoms. The molecule has 0 spiro atoms. The van der Waals surface area contributed by atoms with Crippen LogP contribution in [0.5, 0.6) is 0 Å². The topological polar surface area (TPSA) is 95.5 Å². The zero-order chi connectivity index (χ0) is 22.5. The Bertz CT molecular complexity index is 941. The van der Waals surface area contributed by atoms with Crippen molar-refractivity contribution in [2.45, 2.75) is 53.4 Å². The molecule has 5 atom stereocenters. The molecule has 0 aliphatic heterocycles. The number of thiophene rings is 1. The minimum atomic E-state index is -1.18. The number of carboxylic acids is 1. The van der Waals surface area contributed by atoms with Gasteiger partial charge in [0.25, 0.3) is 0 Å². The lowest BCUT2D eigenvalue weighted by Crippen LogP contribution is -2.42. The lowest BCUT2D eigenvalue weighted by molar-refractivity contribution is -0.313. The molecule has 31 heavy (non-hydrogen) atoms. The number of amides is 1. The summed E-state index contributed by atoms with van der Waals surface area (Å²) in [5, 5.41) is 15.1. The van der Waals surface area contributed by atoms with Gasteiger partial charge in [0.1, 0.15) is 5.00 Å². The van der Waals surface area contributed by atoms with Crippen LogP contribution in [-0.4, -0.2) is 24.5 Å². The summed E-state index contributed by atoms with van der Waals surface area (Å²) in [4.78, 5) is 38.8. The number of esters is 1. The molecular weight excluding hydrogens is 414 g/mol. The number of anilines is 1. The van der Waals surface area contributed by atoms with E-state index in [1.807, 2.05) is 12.2 Å². The van der Waals surface area contributed by atoms with E-state index in [9.17, 15) is 19.5 Å². The van der Waals surface area contributed by atoms with Gasteiger partial charge in [0, 0.05) is 16.8 Å². The number of aliphatic carboxylic acids is 1. The molecule has 0 radical (unpaired) electrons. The van der Waals surface area contributed by atoms with E-state index in [2.05, 4.69) is 26.1 Å². The van der Waals surface area contributed by atoms with Crippen LogP contribution in [0.4, 0.5) is 5.00 Å². The fourth-order valence-electron chi connectivity index (χ4n) is 5.53. The normalized spacial score (nSPS) is 29.0. The monoisotopic (exact) mass is 444 g/mol. The molecule has 168 valence electrons. The van der Waals surface area contributed by atoms with Crippen LogP contribution in [0.2, 0.25) is 0 Å².